The summed E-state index contributed by atoms with van der Waals surface area (Å²) in [4.78, 5) is 11.8. The maximum Gasteiger partial charge on any atom is 0.191 e. The van der Waals surface area contributed by atoms with Crippen LogP contribution in [0.4, 0.5) is 0 Å². The van der Waals surface area contributed by atoms with Crippen LogP contribution in [-0.2, 0) is 4.74 Å². The molecular formula is C18H39IN6O. The number of halogens is 1. The fourth-order valence-corrected chi connectivity index (χ4v) is 3.66. The molecule has 154 valence electrons. The molecule has 0 amide bonds. The average molecular weight is 482 g/mol. The van der Waals surface area contributed by atoms with Crippen molar-refractivity contribution in [3.05, 3.63) is 0 Å². The van der Waals surface area contributed by atoms with Crippen LogP contribution in [0.25, 0.3) is 0 Å². The SMILES string of the molecule is CN=C(NCC1CN(C)CCN1C)NC1CCN(CCCOC)CC1.I. The molecule has 26 heavy (non-hydrogen) atoms. The van der Waals surface area contributed by atoms with E-state index in [1.165, 1.54) is 12.8 Å². The lowest BCUT2D eigenvalue weighted by molar-refractivity contribution is 0.116. The van der Waals surface area contributed by atoms with E-state index < -0.39 is 0 Å². The summed E-state index contributed by atoms with van der Waals surface area (Å²) in [5, 5.41) is 7.15. The molecule has 1 atom stereocenters. The maximum absolute atomic E-state index is 5.14. The minimum Gasteiger partial charge on any atom is -0.385 e. The lowest BCUT2D eigenvalue weighted by Crippen LogP contribution is -2.56. The first-order valence-corrected chi connectivity index (χ1v) is 9.69. The summed E-state index contributed by atoms with van der Waals surface area (Å²) in [6.07, 6.45) is 3.49. The van der Waals surface area contributed by atoms with E-state index in [-0.39, 0.29) is 24.0 Å². The van der Waals surface area contributed by atoms with Gasteiger partial charge in [0.15, 0.2) is 5.96 Å². The monoisotopic (exact) mass is 482 g/mol. The predicted octanol–water partition coefficient (Wildman–Crippen LogP) is 0.516. The first-order valence-electron chi connectivity index (χ1n) is 9.69. The number of hydrogen-bond acceptors (Lipinski definition) is 5. The molecule has 0 bridgehead atoms. The van der Waals surface area contributed by atoms with Crippen LogP contribution in [0.2, 0.25) is 0 Å². The highest BCUT2D eigenvalue weighted by molar-refractivity contribution is 14.0. The molecule has 7 nitrogen and oxygen atoms in total. The highest BCUT2D eigenvalue weighted by Crippen LogP contribution is 2.11. The van der Waals surface area contributed by atoms with Crippen LogP contribution in [-0.4, -0.2) is 113 Å². The smallest absolute Gasteiger partial charge is 0.191 e. The van der Waals surface area contributed by atoms with E-state index >= 15 is 0 Å². The molecular weight excluding hydrogens is 443 g/mol. The molecule has 2 rings (SSSR count). The standard InChI is InChI=1S/C18H38N6O.HI/c1-19-18(20-14-17-15-22(2)11-12-23(17)3)21-16-6-9-24(10-7-16)8-5-13-25-4;/h16-17H,5-15H2,1-4H3,(H2,19,20,21);1H. The molecule has 0 radical (unpaired) electrons. The van der Waals surface area contributed by atoms with E-state index in [9.17, 15) is 0 Å². The first-order chi connectivity index (χ1) is 12.1. The number of guanidine groups is 1. The Bertz CT molecular complexity index is 403. The quantitative estimate of drug-likeness (QED) is 0.239. The Morgan fingerprint density at radius 2 is 1.88 bits per heavy atom. The van der Waals surface area contributed by atoms with Gasteiger partial charge in [-0.3, -0.25) is 9.89 Å². The van der Waals surface area contributed by atoms with Gasteiger partial charge in [-0.25, -0.2) is 0 Å². The second-order valence-corrected chi connectivity index (χ2v) is 7.46. The number of nitrogens with one attached hydrogen (secondary N) is 2. The Labute approximate surface area is 176 Å². The Kier molecular flexibility index (Phi) is 12.0. The number of nitrogens with zero attached hydrogens (tertiary/aromatic N) is 4. The molecule has 2 aliphatic heterocycles. The normalized spacial score (nSPS) is 24.3. The van der Waals surface area contributed by atoms with E-state index in [0.717, 1.165) is 64.8 Å². The fraction of sp³-hybridized carbons (Fsp3) is 0.944. The molecule has 0 aliphatic carbocycles. The topological polar surface area (TPSA) is 55.4 Å². The lowest BCUT2D eigenvalue weighted by atomic mass is 10.1. The molecule has 2 heterocycles. The van der Waals surface area contributed by atoms with Crippen molar-refractivity contribution < 1.29 is 4.74 Å². The molecule has 8 heteroatoms. The van der Waals surface area contributed by atoms with Crippen molar-refractivity contribution in [2.24, 2.45) is 4.99 Å². The van der Waals surface area contributed by atoms with Gasteiger partial charge < -0.3 is 25.2 Å². The summed E-state index contributed by atoms with van der Waals surface area (Å²) in [7, 11) is 8.06. The summed E-state index contributed by atoms with van der Waals surface area (Å²) in [5.74, 6) is 0.944. The van der Waals surface area contributed by atoms with Crippen molar-refractivity contribution in [3.8, 4) is 0 Å². The summed E-state index contributed by atoms with van der Waals surface area (Å²) in [6.45, 7) is 8.67. The van der Waals surface area contributed by atoms with Crippen molar-refractivity contribution in [1.82, 2.24) is 25.3 Å². The van der Waals surface area contributed by atoms with Gasteiger partial charge in [-0.05, 0) is 33.4 Å². The lowest BCUT2D eigenvalue weighted by Gasteiger charge is -2.38. The third-order valence-corrected chi connectivity index (χ3v) is 5.46. The van der Waals surface area contributed by atoms with Crippen LogP contribution >= 0.6 is 24.0 Å². The Hall–Kier alpha value is -0.160. The van der Waals surface area contributed by atoms with Crippen LogP contribution in [0.1, 0.15) is 19.3 Å². The number of piperazine rings is 1. The Morgan fingerprint density at radius 1 is 1.15 bits per heavy atom. The molecule has 0 aromatic rings. The van der Waals surface area contributed by atoms with Gasteiger partial charge in [-0.2, -0.15) is 0 Å². The van der Waals surface area contributed by atoms with Gasteiger partial charge in [-0.1, -0.05) is 0 Å². The molecule has 2 saturated heterocycles. The van der Waals surface area contributed by atoms with Gasteiger partial charge in [0.1, 0.15) is 0 Å². The minimum absolute atomic E-state index is 0. The second kappa shape index (κ2) is 13.1. The van der Waals surface area contributed by atoms with Gasteiger partial charge in [-0.15, -0.1) is 24.0 Å². The molecule has 2 fully saturated rings. The molecule has 1 unspecified atom stereocenters. The number of hydrogen-bond donors (Lipinski definition) is 2. The van der Waals surface area contributed by atoms with Gasteiger partial charge >= 0.3 is 0 Å². The predicted molar refractivity (Wildman–Crippen MR) is 120 cm³/mol. The molecule has 0 aromatic heterocycles. The second-order valence-electron chi connectivity index (χ2n) is 7.46. The number of aliphatic imine (C=N–C) groups is 1. The third-order valence-electron chi connectivity index (χ3n) is 5.46. The van der Waals surface area contributed by atoms with Crippen molar-refractivity contribution in [2.75, 3.05) is 80.7 Å². The Balaban J connectivity index is 0.00000338. The van der Waals surface area contributed by atoms with Crippen molar-refractivity contribution in [2.45, 2.75) is 31.3 Å². The minimum atomic E-state index is 0. The number of methoxy groups -OCH3 is 1. The fourth-order valence-electron chi connectivity index (χ4n) is 3.66. The van der Waals surface area contributed by atoms with Gasteiger partial charge in [0.2, 0.25) is 0 Å². The molecule has 2 aliphatic rings. The number of likely N-dealkylation sites (tertiary alicyclic amines) is 1. The van der Waals surface area contributed by atoms with Crippen LogP contribution in [0, 0.1) is 0 Å². The van der Waals surface area contributed by atoms with E-state index in [1.54, 1.807) is 7.11 Å². The summed E-state index contributed by atoms with van der Waals surface area (Å²) in [5.41, 5.74) is 0. The highest BCUT2D eigenvalue weighted by atomic mass is 127. The number of ether oxygens (including phenoxy) is 1. The van der Waals surface area contributed by atoms with Gasteiger partial charge in [0, 0.05) is 78.7 Å². The first kappa shape index (κ1) is 23.9. The molecule has 0 spiro atoms. The van der Waals surface area contributed by atoms with Crippen molar-refractivity contribution in [3.63, 3.8) is 0 Å². The average Bonchev–Trinajstić information content (AvgIpc) is 2.62. The van der Waals surface area contributed by atoms with Crippen LogP contribution in [0.3, 0.4) is 0 Å². The zero-order valence-corrected chi connectivity index (χ0v) is 19.4. The van der Waals surface area contributed by atoms with E-state index in [1.807, 2.05) is 7.05 Å². The van der Waals surface area contributed by atoms with Crippen LogP contribution < -0.4 is 10.6 Å². The zero-order valence-electron chi connectivity index (χ0n) is 17.0. The van der Waals surface area contributed by atoms with Crippen LogP contribution in [0.5, 0.6) is 0 Å². The van der Waals surface area contributed by atoms with Crippen molar-refractivity contribution in [1.29, 1.82) is 0 Å². The maximum atomic E-state index is 5.14. The summed E-state index contributed by atoms with van der Waals surface area (Å²) >= 11 is 0. The molecule has 0 aromatic carbocycles. The van der Waals surface area contributed by atoms with Gasteiger partial charge in [0.25, 0.3) is 0 Å². The van der Waals surface area contributed by atoms with E-state index in [2.05, 4.69) is 44.4 Å². The zero-order chi connectivity index (χ0) is 18.1. The summed E-state index contributed by atoms with van der Waals surface area (Å²) in [6, 6.07) is 1.07. The number of piperidine rings is 1. The highest BCUT2D eigenvalue weighted by Gasteiger charge is 2.23. The van der Waals surface area contributed by atoms with E-state index in [4.69, 9.17) is 4.74 Å². The molecule has 0 saturated carbocycles. The largest absolute Gasteiger partial charge is 0.385 e. The number of likely N-dealkylation sites (N-methyl/N-ethyl adjacent to an activating group) is 2. The summed E-state index contributed by atoms with van der Waals surface area (Å²) < 4.78 is 5.14. The van der Waals surface area contributed by atoms with Crippen molar-refractivity contribution >= 4 is 29.9 Å². The van der Waals surface area contributed by atoms with Crippen LogP contribution in [0.15, 0.2) is 4.99 Å². The van der Waals surface area contributed by atoms with Gasteiger partial charge in [0.05, 0.1) is 0 Å². The number of rotatable bonds is 7. The Morgan fingerprint density at radius 3 is 2.54 bits per heavy atom. The van der Waals surface area contributed by atoms with E-state index in [0.29, 0.717) is 12.1 Å². The molecule has 2 N–H and O–H groups in total. The third kappa shape index (κ3) is 8.24.